The normalized spacial score (nSPS) is 15.1. The summed E-state index contributed by atoms with van der Waals surface area (Å²) < 4.78 is 11.1. The van der Waals surface area contributed by atoms with Crippen molar-refractivity contribution in [3.05, 3.63) is 89.0 Å². The lowest BCUT2D eigenvalue weighted by molar-refractivity contribution is -0.117. The summed E-state index contributed by atoms with van der Waals surface area (Å²) >= 11 is 0. The summed E-state index contributed by atoms with van der Waals surface area (Å²) in [7, 11) is 6.70. The molecule has 1 heterocycles. The number of carbonyl (C=O) groups is 2. The fourth-order valence-electron chi connectivity index (χ4n) is 4.53. The van der Waals surface area contributed by atoms with Crippen LogP contribution >= 0.6 is 0 Å². The molecule has 0 saturated heterocycles. The van der Waals surface area contributed by atoms with Crippen molar-refractivity contribution in [3.63, 3.8) is 0 Å². The third-order valence-corrected chi connectivity index (χ3v) is 6.26. The van der Waals surface area contributed by atoms with Crippen LogP contribution in [0.2, 0.25) is 0 Å². The zero-order valence-electron chi connectivity index (χ0n) is 20.6. The fraction of sp³-hybridized carbons (Fsp3) is 0.286. The van der Waals surface area contributed by atoms with E-state index in [4.69, 9.17) is 9.47 Å². The molecule has 7 heteroatoms. The molecule has 0 bridgehead atoms. The highest BCUT2D eigenvalue weighted by Gasteiger charge is 2.31. The topological polar surface area (TPSA) is 71.1 Å². The highest BCUT2D eigenvalue weighted by atomic mass is 16.5. The van der Waals surface area contributed by atoms with E-state index in [-0.39, 0.29) is 24.4 Å². The Morgan fingerprint density at radius 2 is 1.63 bits per heavy atom. The summed E-state index contributed by atoms with van der Waals surface area (Å²) in [5, 5.41) is 2.97. The second-order valence-electron chi connectivity index (χ2n) is 8.76. The average Bonchev–Trinajstić information content (AvgIpc) is 2.88. The number of fused-ring (bicyclic) bond motifs is 1. The molecule has 1 atom stereocenters. The second kappa shape index (κ2) is 10.6. The number of amides is 2. The molecule has 1 aliphatic rings. The minimum absolute atomic E-state index is 0.0763. The molecule has 0 radical (unpaired) electrons. The van der Waals surface area contributed by atoms with Gasteiger partial charge < -0.3 is 19.7 Å². The van der Waals surface area contributed by atoms with E-state index in [0.717, 1.165) is 24.1 Å². The van der Waals surface area contributed by atoms with E-state index in [1.165, 1.54) is 10.5 Å². The van der Waals surface area contributed by atoms with Crippen LogP contribution in [0.1, 0.15) is 33.1 Å². The van der Waals surface area contributed by atoms with Gasteiger partial charge in [-0.05, 0) is 59.5 Å². The lowest BCUT2D eigenvalue weighted by atomic mass is 9.87. The summed E-state index contributed by atoms with van der Waals surface area (Å²) in [6, 6.07) is 21.1. The van der Waals surface area contributed by atoms with Gasteiger partial charge in [-0.1, -0.05) is 30.3 Å². The number of rotatable bonds is 7. The summed E-state index contributed by atoms with van der Waals surface area (Å²) in [5.41, 5.74) is 4.65. The number of benzene rings is 3. The first-order valence-electron chi connectivity index (χ1n) is 11.6. The highest BCUT2D eigenvalue weighted by Crippen LogP contribution is 2.40. The molecule has 1 N–H and O–H groups in total. The molecule has 7 nitrogen and oxygen atoms in total. The Hall–Kier alpha value is -3.84. The first-order chi connectivity index (χ1) is 16.9. The van der Waals surface area contributed by atoms with Crippen LogP contribution < -0.4 is 14.8 Å². The van der Waals surface area contributed by atoms with Crippen LogP contribution in [-0.2, 0) is 11.2 Å². The number of methoxy groups -OCH3 is 2. The lowest BCUT2D eigenvalue weighted by Crippen LogP contribution is -2.41. The first kappa shape index (κ1) is 24.3. The predicted molar refractivity (Wildman–Crippen MR) is 136 cm³/mol. The second-order valence-corrected chi connectivity index (χ2v) is 8.76. The Morgan fingerprint density at radius 1 is 0.971 bits per heavy atom. The van der Waals surface area contributed by atoms with E-state index >= 15 is 0 Å². The maximum Gasteiger partial charge on any atom is 0.253 e. The van der Waals surface area contributed by atoms with Crippen LogP contribution in [0.5, 0.6) is 11.5 Å². The van der Waals surface area contributed by atoms with Gasteiger partial charge in [0.2, 0.25) is 5.91 Å². The highest BCUT2D eigenvalue weighted by molar-refractivity contribution is 5.96. The van der Waals surface area contributed by atoms with Crippen molar-refractivity contribution in [2.75, 3.05) is 46.7 Å². The molecule has 0 spiro atoms. The molecular formula is C28H31N3O4. The van der Waals surface area contributed by atoms with Crippen LogP contribution in [0.3, 0.4) is 0 Å². The van der Waals surface area contributed by atoms with Gasteiger partial charge in [0.25, 0.3) is 5.91 Å². The Morgan fingerprint density at radius 3 is 2.26 bits per heavy atom. The van der Waals surface area contributed by atoms with E-state index in [9.17, 15) is 9.59 Å². The zero-order valence-corrected chi connectivity index (χ0v) is 20.6. The molecule has 3 aromatic rings. The molecule has 0 aliphatic carbocycles. The van der Waals surface area contributed by atoms with Gasteiger partial charge in [0, 0.05) is 31.9 Å². The fourth-order valence-corrected chi connectivity index (χ4v) is 4.53. The number of anilines is 1. The van der Waals surface area contributed by atoms with Gasteiger partial charge in [-0.15, -0.1) is 0 Å². The summed E-state index contributed by atoms with van der Waals surface area (Å²) in [5.74, 6) is 1.19. The van der Waals surface area contributed by atoms with Crippen LogP contribution in [0, 0.1) is 0 Å². The van der Waals surface area contributed by atoms with Crippen molar-refractivity contribution < 1.29 is 19.1 Å². The zero-order chi connectivity index (χ0) is 24.9. The van der Waals surface area contributed by atoms with Crippen molar-refractivity contribution in [2.45, 2.75) is 12.5 Å². The molecule has 2 amide bonds. The van der Waals surface area contributed by atoms with E-state index in [1.807, 2.05) is 30.3 Å². The van der Waals surface area contributed by atoms with Crippen molar-refractivity contribution in [3.8, 4) is 11.5 Å². The lowest BCUT2D eigenvalue weighted by Gasteiger charge is -2.37. The SMILES string of the molecule is COc1cc2c(cc1OC)[C@@H](c1ccccc1)N(CC(=O)Nc1ccc(C(=O)N(C)C)cc1)CC2. The van der Waals surface area contributed by atoms with Gasteiger partial charge in [0.15, 0.2) is 11.5 Å². The molecular weight excluding hydrogens is 442 g/mol. The summed E-state index contributed by atoms with van der Waals surface area (Å²) in [4.78, 5) is 28.9. The van der Waals surface area contributed by atoms with Crippen LogP contribution in [0.4, 0.5) is 5.69 Å². The summed E-state index contributed by atoms with van der Waals surface area (Å²) in [6.07, 6.45) is 0.799. The molecule has 4 rings (SSSR count). The number of carbonyl (C=O) groups excluding carboxylic acids is 2. The molecule has 0 aromatic heterocycles. The summed E-state index contributed by atoms with van der Waals surface area (Å²) in [6.45, 7) is 0.956. The monoisotopic (exact) mass is 473 g/mol. The smallest absolute Gasteiger partial charge is 0.253 e. The van der Waals surface area contributed by atoms with E-state index in [1.54, 1.807) is 52.6 Å². The Bertz CT molecular complexity index is 1190. The van der Waals surface area contributed by atoms with Gasteiger partial charge in [-0.25, -0.2) is 0 Å². The average molecular weight is 474 g/mol. The van der Waals surface area contributed by atoms with Crippen LogP contribution in [-0.4, -0.2) is 63.0 Å². The largest absolute Gasteiger partial charge is 0.493 e. The molecule has 0 fully saturated rings. The van der Waals surface area contributed by atoms with Gasteiger partial charge >= 0.3 is 0 Å². The van der Waals surface area contributed by atoms with E-state index in [0.29, 0.717) is 22.7 Å². The van der Waals surface area contributed by atoms with Gasteiger partial charge in [-0.3, -0.25) is 14.5 Å². The number of ether oxygens (including phenoxy) is 2. The minimum Gasteiger partial charge on any atom is -0.493 e. The molecule has 35 heavy (non-hydrogen) atoms. The Labute approximate surface area is 206 Å². The number of hydrogen-bond acceptors (Lipinski definition) is 5. The van der Waals surface area contributed by atoms with E-state index in [2.05, 4.69) is 22.3 Å². The Kier molecular flexibility index (Phi) is 7.36. The first-order valence-corrected chi connectivity index (χ1v) is 11.6. The van der Waals surface area contributed by atoms with Crippen molar-refractivity contribution in [1.82, 2.24) is 9.80 Å². The van der Waals surface area contributed by atoms with Crippen LogP contribution in [0.15, 0.2) is 66.7 Å². The van der Waals surface area contributed by atoms with Gasteiger partial charge in [0.1, 0.15) is 0 Å². The van der Waals surface area contributed by atoms with Crippen LogP contribution in [0.25, 0.3) is 0 Å². The van der Waals surface area contributed by atoms with Crippen molar-refractivity contribution >= 4 is 17.5 Å². The number of nitrogens with zero attached hydrogens (tertiary/aromatic N) is 2. The molecule has 0 unspecified atom stereocenters. The van der Waals surface area contributed by atoms with E-state index < -0.39 is 0 Å². The van der Waals surface area contributed by atoms with Gasteiger partial charge in [0.05, 0.1) is 26.8 Å². The molecule has 182 valence electrons. The number of hydrogen-bond donors (Lipinski definition) is 1. The maximum absolute atomic E-state index is 13.0. The Balaban J connectivity index is 1.57. The predicted octanol–water partition coefficient (Wildman–Crippen LogP) is 3.99. The standard InChI is InChI=1S/C28H31N3O4/c1-30(2)28(33)20-10-12-22(13-11-20)29-26(32)18-31-15-14-21-16-24(34-3)25(35-4)17-23(21)27(31)19-8-6-5-7-9-19/h5-13,16-17,27H,14-15,18H2,1-4H3,(H,29,32)/t27-/m1/s1. The third kappa shape index (κ3) is 5.30. The molecule has 3 aromatic carbocycles. The minimum atomic E-state index is -0.110. The quantitative estimate of drug-likeness (QED) is 0.562. The number of nitrogens with one attached hydrogen (secondary N) is 1. The maximum atomic E-state index is 13.0. The van der Waals surface area contributed by atoms with Crippen molar-refractivity contribution in [1.29, 1.82) is 0 Å². The van der Waals surface area contributed by atoms with Gasteiger partial charge in [-0.2, -0.15) is 0 Å². The molecule has 1 aliphatic heterocycles. The van der Waals surface area contributed by atoms with Crippen molar-refractivity contribution in [2.24, 2.45) is 0 Å². The molecule has 0 saturated carbocycles. The third-order valence-electron chi connectivity index (χ3n) is 6.26.